The molecule has 26 heavy (non-hydrogen) atoms. The zero-order chi connectivity index (χ0) is 19.4. The van der Waals surface area contributed by atoms with Gasteiger partial charge in [-0.15, -0.1) is 0 Å². The normalized spacial score (nSPS) is 12.3. The van der Waals surface area contributed by atoms with Gasteiger partial charge < -0.3 is 14.6 Å². The first kappa shape index (κ1) is 20.3. The number of rotatable bonds is 6. The van der Waals surface area contributed by atoms with E-state index in [1.165, 1.54) is 17.7 Å². The molecule has 1 radical (unpaired) electrons. The molecule has 0 saturated heterocycles. The first-order valence-corrected chi connectivity index (χ1v) is 9.08. The Morgan fingerprint density at radius 1 is 0.769 bits per heavy atom. The van der Waals surface area contributed by atoms with Crippen LogP contribution in [0.1, 0.15) is 52.7 Å². The van der Waals surface area contributed by atoms with E-state index in [0.717, 1.165) is 5.75 Å². The third-order valence-corrected chi connectivity index (χ3v) is 4.22. The van der Waals surface area contributed by atoms with E-state index in [9.17, 15) is 5.11 Å². The summed E-state index contributed by atoms with van der Waals surface area (Å²) in [6.45, 7) is 14.6. The van der Waals surface area contributed by atoms with Gasteiger partial charge in [-0.25, -0.2) is 0 Å². The Hall–Kier alpha value is -2.00. The minimum atomic E-state index is -0.806. The van der Waals surface area contributed by atoms with E-state index in [1.54, 1.807) is 0 Å². The highest BCUT2D eigenvalue weighted by Crippen LogP contribution is 2.25. The Bertz CT molecular complexity index is 612. The van der Waals surface area contributed by atoms with Crippen molar-refractivity contribution in [3.63, 3.8) is 0 Å². The first-order valence-electron chi connectivity index (χ1n) is 9.08. The van der Waals surface area contributed by atoms with Crippen molar-refractivity contribution < 1.29 is 14.6 Å². The van der Waals surface area contributed by atoms with Crippen molar-refractivity contribution >= 4 is 0 Å². The smallest absolute Gasteiger partial charge is 0.167 e. The lowest BCUT2D eigenvalue weighted by Gasteiger charge is -2.20. The maximum absolute atomic E-state index is 10.0. The van der Waals surface area contributed by atoms with Crippen LogP contribution in [0, 0.1) is 6.61 Å². The molecule has 0 heterocycles. The molecule has 141 valence electrons. The molecule has 2 aromatic carbocycles. The zero-order valence-electron chi connectivity index (χ0n) is 16.7. The molecule has 3 nitrogen and oxygen atoms in total. The number of aliphatic hydroxyl groups excluding tert-OH is 1. The predicted molar refractivity (Wildman–Crippen MR) is 107 cm³/mol. The van der Waals surface area contributed by atoms with Crippen molar-refractivity contribution in [1.82, 2.24) is 0 Å². The van der Waals surface area contributed by atoms with E-state index in [0.29, 0.717) is 5.75 Å². The molecule has 1 atom stereocenters. The molecule has 1 N–H and O–H groups in total. The second kappa shape index (κ2) is 8.13. The SMILES string of the molecule is CC(C)(C)c1ccc(O[CH]C(O)COc2ccc(C(C)(C)C)cc2)cc1. The molecule has 0 saturated carbocycles. The van der Waals surface area contributed by atoms with Crippen molar-refractivity contribution in [3.8, 4) is 11.5 Å². The molecule has 0 aliphatic carbocycles. The van der Waals surface area contributed by atoms with Crippen LogP contribution in [0.4, 0.5) is 0 Å². The van der Waals surface area contributed by atoms with Crippen molar-refractivity contribution in [3.05, 3.63) is 66.3 Å². The lowest BCUT2D eigenvalue weighted by molar-refractivity contribution is 0.0972. The van der Waals surface area contributed by atoms with Gasteiger partial charge in [0.05, 0.1) is 0 Å². The standard InChI is InChI=1S/C23H31O3/c1-22(2,3)17-7-11-20(12-8-17)25-15-19(24)16-26-21-13-9-18(10-14-21)23(4,5)6/h7-15,19,24H,16H2,1-6H3. The number of ether oxygens (including phenoxy) is 2. The Kier molecular flexibility index (Phi) is 6.35. The van der Waals surface area contributed by atoms with Crippen LogP contribution in [-0.4, -0.2) is 17.8 Å². The highest BCUT2D eigenvalue weighted by atomic mass is 16.5. The van der Waals surface area contributed by atoms with E-state index >= 15 is 0 Å². The number of aliphatic hydroxyl groups is 1. The van der Waals surface area contributed by atoms with Crippen LogP contribution in [0.3, 0.4) is 0 Å². The Morgan fingerprint density at radius 2 is 1.19 bits per heavy atom. The highest BCUT2D eigenvalue weighted by molar-refractivity contribution is 5.32. The molecule has 1 unspecified atom stereocenters. The predicted octanol–water partition coefficient (Wildman–Crippen LogP) is 5.26. The fourth-order valence-corrected chi connectivity index (χ4v) is 2.46. The Balaban J connectivity index is 1.79. The van der Waals surface area contributed by atoms with Gasteiger partial charge in [0.2, 0.25) is 0 Å². The summed E-state index contributed by atoms with van der Waals surface area (Å²) in [4.78, 5) is 0. The van der Waals surface area contributed by atoms with Crippen LogP contribution in [-0.2, 0) is 10.8 Å². The largest absolute Gasteiger partial charge is 0.491 e. The average Bonchev–Trinajstić information content (AvgIpc) is 2.57. The maximum Gasteiger partial charge on any atom is 0.167 e. The van der Waals surface area contributed by atoms with Gasteiger partial charge in [0.25, 0.3) is 0 Å². The van der Waals surface area contributed by atoms with Crippen LogP contribution >= 0.6 is 0 Å². The molecular formula is C23H31O3. The lowest BCUT2D eigenvalue weighted by Crippen LogP contribution is -2.20. The molecule has 0 aliphatic heterocycles. The van der Waals surface area contributed by atoms with E-state index in [4.69, 9.17) is 9.47 Å². The van der Waals surface area contributed by atoms with E-state index in [-0.39, 0.29) is 17.4 Å². The highest BCUT2D eigenvalue weighted by Gasteiger charge is 2.15. The van der Waals surface area contributed by atoms with Gasteiger partial charge in [-0.1, -0.05) is 65.8 Å². The van der Waals surface area contributed by atoms with Crippen LogP contribution < -0.4 is 9.47 Å². The summed E-state index contributed by atoms with van der Waals surface area (Å²) in [6.07, 6.45) is -0.806. The summed E-state index contributed by atoms with van der Waals surface area (Å²) >= 11 is 0. The van der Waals surface area contributed by atoms with E-state index in [2.05, 4.69) is 53.7 Å². The van der Waals surface area contributed by atoms with Crippen LogP contribution in [0.15, 0.2) is 48.5 Å². The van der Waals surface area contributed by atoms with Gasteiger partial charge >= 0.3 is 0 Å². The summed E-state index contributed by atoms with van der Waals surface area (Å²) < 4.78 is 11.2. The second-order valence-electron chi connectivity index (χ2n) is 8.68. The van der Waals surface area contributed by atoms with Crippen LogP contribution in [0.5, 0.6) is 11.5 Å². The topological polar surface area (TPSA) is 38.7 Å². The molecule has 0 aliphatic rings. The van der Waals surface area contributed by atoms with Gasteiger partial charge in [0.15, 0.2) is 6.61 Å². The molecule has 3 heteroatoms. The van der Waals surface area contributed by atoms with Crippen molar-refractivity contribution in [2.24, 2.45) is 0 Å². The second-order valence-corrected chi connectivity index (χ2v) is 8.68. The molecule has 0 aromatic heterocycles. The monoisotopic (exact) mass is 355 g/mol. The minimum Gasteiger partial charge on any atom is -0.491 e. The summed E-state index contributed by atoms with van der Waals surface area (Å²) in [5.41, 5.74) is 2.71. The molecule has 0 amide bonds. The van der Waals surface area contributed by atoms with Gasteiger partial charge in [0, 0.05) is 0 Å². The van der Waals surface area contributed by atoms with Gasteiger partial charge in [-0.05, 0) is 46.2 Å². The lowest BCUT2D eigenvalue weighted by atomic mass is 9.87. The Labute approximate surface area is 158 Å². The summed E-state index contributed by atoms with van der Waals surface area (Å²) in [5, 5.41) is 10.0. The number of benzene rings is 2. The third kappa shape index (κ3) is 6.06. The Morgan fingerprint density at radius 3 is 1.62 bits per heavy atom. The molecule has 0 bridgehead atoms. The summed E-state index contributed by atoms with van der Waals surface area (Å²) in [7, 11) is 0. The fraction of sp³-hybridized carbons (Fsp3) is 0.435. The first-order chi connectivity index (χ1) is 12.1. The van der Waals surface area contributed by atoms with Crippen molar-refractivity contribution in [2.75, 3.05) is 6.61 Å². The fourth-order valence-electron chi connectivity index (χ4n) is 2.46. The maximum atomic E-state index is 10.0. The molecule has 2 aromatic rings. The van der Waals surface area contributed by atoms with Crippen LogP contribution in [0.25, 0.3) is 0 Å². The average molecular weight is 355 g/mol. The molecule has 0 fully saturated rings. The minimum absolute atomic E-state index is 0.109. The quantitative estimate of drug-likeness (QED) is 0.768. The summed E-state index contributed by atoms with van der Waals surface area (Å²) in [5.74, 6) is 1.44. The molecular weight excluding hydrogens is 324 g/mol. The summed E-state index contributed by atoms with van der Waals surface area (Å²) in [6, 6.07) is 15.9. The molecule has 0 spiro atoms. The number of hydrogen-bond acceptors (Lipinski definition) is 3. The third-order valence-electron chi connectivity index (χ3n) is 4.22. The zero-order valence-corrected chi connectivity index (χ0v) is 16.7. The number of hydrogen-bond donors (Lipinski definition) is 1. The van der Waals surface area contributed by atoms with Crippen molar-refractivity contribution in [2.45, 2.75) is 58.5 Å². The van der Waals surface area contributed by atoms with E-state index < -0.39 is 6.10 Å². The van der Waals surface area contributed by atoms with Crippen LogP contribution in [0.2, 0.25) is 0 Å². The van der Waals surface area contributed by atoms with Gasteiger partial charge in [0.1, 0.15) is 24.2 Å². The van der Waals surface area contributed by atoms with Gasteiger partial charge in [-0.3, -0.25) is 0 Å². The molecule has 2 rings (SSSR count). The van der Waals surface area contributed by atoms with Crippen molar-refractivity contribution in [1.29, 1.82) is 0 Å². The van der Waals surface area contributed by atoms with Gasteiger partial charge in [-0.2, -0.15) is 0 Å². The van der Waals surface area contributed by atoms with E-state index in [1.807, 2.05) is 36.4 Å².